The molecule has 6 heteroatoms. The second kappa shape index (κ2) is 52.2. The average Bonchev–Trinajstić information content (AvgIpc) is 3.30. The molecule has 0 bridgehead atoms. The first-order valence-corrected chi connectivity index (χ1v) is 25.8. The molecule has 0 aromatic heterocycles. The van der Waals surface area contributed by atoms with Gasteiger partial charge in [-0.25, -0.2) is 0 Å². The highest BCUT2D eigenvalue weighted by Gasteiger charge is 2.19. The summed E-state index contributed by atoms with van der Waals surface area (Å²) in [5.41, 5.74) is 0. The summed E-state index contributed by atoms with van der Waals surface area (Å²) >= 11 is 0. The Hall–Kier alpha value is -4.45. The lowest BCUT2D eigenvalue weighted by Gasteiger charge is -2.18. The van der Waals surface area contributed by atoms with Crippen LogP contribution in [0.4, 0.5) is 0 Å². The Morgan fingerprint density at radius 1 is 0.338 bits per heavy atom. The van der Waals surface area contributed by atoms with E-state index in [1.54, 1.807) is 0 Å². The van der Waals surface area contributed by atoms with E-state index in [1.807, 2.05) is 54.7 Å². The molecule has 0 amide bonds. The molecule has 0 spiro atoms. The molecule has 364 valence electrons. The minimum absolute atomic E-state index is 0.122. The smallest absolute Gasteiger partial charge is 0.306 e. The Balaban J connectivity index is 4.56. The fourth-order valence-electron chi connectivity index (χ4n) is 6.49. The molecular weight excluding hydrogens is 805 g/mol. The number of unbranched alkanes of at least 4 members (excludes halogenated alkanes) is 17. The van der Waals surface area contributed by atoms with Crippen molar-refractivity contribution >= 4 is 17.9 Å². The molecule has 1 unspecified atom stereocenters. The summed E-state index contributed by atoms with van der Waals surface area (Å²) in [7, 11) is 0. The summed E-state index contributed by atoms with van der Waals surface area (Å²) in [4.78, 5) is 38.0. The van der Waals surface area contributed by atoms with Crippen LogP contribution >= 0.6 is 0 Å². The number of ether oxygens (including phenoxy) is 3. The van der Waals surface area contributed by atoms with E-state index in [0.717, 1.165) is 109 Å². The minimum Gasteiger partial charge on any atom is -0.462 e. The van der Waals surface area contributed by atoms with Crippen molar-refractivity contribution < 1.29 is 28.6 Å². The van der Waals surface area contributed by atoms with Gasteiger partial charge in [0.05, 0.1) is 0 Å². The molecule has 0 saturated heterocycles. The summed E-state index contributed by atoms with van der Waals surface area (Å²) < 4.78 is 16.7. The van der Waals surface area contributed by atoms with Crippen molar-refractivity contribution in [3.63, 3.8) is 0 Å². The van der Waals surface area contributed by atoms with Gasteiger partial charge in [-0.05, 0) is 89.9 Å². The summed E-state index contributed by atoms with van der Waals surface area (Å²) in [5, 5.41) is 0. The van der Waals surface area contributed by atoms with Crippen LogP contribution in [0.2, 0.25) is 0 Å². The number of hydrogen-bond donors (Lipinski definition) is 0. The Morgan fingerprint density at radius 3 is 1.18 bits per heavy atom. The fraction of sp³-hybridized carbons (Fsp3) is 0.576. The monoisotopic (exact) mass is 897 g/mol. The lowest BCUT2D eigenvalue weighted by atomic mass is 10.1. The third-order valence-electron chi connectivity index (χ3n) is 10.3. The van der Waals surface area contributed by atoms with Crippen molar-refractivity contribution in [1.29, 1.82) is 0 Å². The third-order valence-corrected chi connectivity index (χ3v) is 10.3. The summed E-state index contributed by atoms with van der Waals surface area (Å²) in [6.07, 6.45) is 73.0. The zero-order chi connectivity index (χ0) is 47.2. The highest BCUT2D eigenvalue weighted by atomic mass is 16.6. The molecule has 0 fully saturated rings. The van der Waals surface area contributed by atoms with Gasteiger partial charge in [0.2, 0.25) is 0 Å². The van der Waals surface area contributed by atoms with Gasteiger partial charge in [-0.15, -0.1) is 0 Å². The van der Waals surface area contributed by atoms with E-state index < -0.39 is 6.10 Å². The molecule has 0 aromatic rings. The van der Waals surface area contributed by atoms with Gasteiger partial charge < -0.3 is 14.2 Å². The maximum absolute atomic E-state index is 12.8. The Bertz CT molecular complexity index is 1450. The topological polar surface area (TPSA) is 78.9 Å². The van der Waals surface area contributed by atoms with Crippen molar-refractivity contribution in [2.45, 2.75) is 207 Å². The molecule has 0 heterocycles. The number of esters is 3. The molecule has 0 aromatic carbocycles. The minimum atomic E-state index is -0.827. The van der Waals surface area contributed by atoms with Gasteiger partial charge in [0.1, 0.15) is 13.2 Å². The largest absolute Gasteiger partial charge is 0.462 e. The maximum atomic E-state index is 12.8. The van der Waals surface area contributed by atoms with Gasteiger partial charge in [-0.2, -0.15) is 0 Å². The summed E-state index contributed by atoms with van der Waals surface area (Å²) in [6.45, 7) is 6.25. The van der Waals surface area contributed by atoms with Gasteiger partial charge in [0.15, 0.2) is 6.10 Å². The van der Waals surface area contributed by atoms with Crippen LogP contribution < -0.4 is 0 Å². The maximum Gasteiger partial charge on any atom is 0.306 e. The van der Waals surface area contributed by atoms with E-state index in [-0.39, 0.29) is 44.0 Å². The van der Waals surface area contributed by atoms with E-state index in [1.165, 1.54) is 44.9 Å². The number of hydrogen-bond acceptors (Lipinski definition) is 6. The second-order valence-corrected chi connectivity index (χ2v) is 16.5. The molecule has 0 radical (unpaired) electrons. The highest BCUT2D eigenvalue weighted by molar-refractivity contribution is 5.71. The quantitative estimate of drug-likeness (QED) is 0.0199. The second-order valence-electron chi connectivity index (χ2n) is 16.5. The third kappa shape index (κ3) is 50.4. The van der Waals surface area contributed by atoms with Gasteiger partial charge in [-0.3, -0.25) is 14.4 Å². The number of carbonyl (C=O) groups excluding carboxylic acids is 3. The van der Waals surface area contributed by atoms with E-state index in [9.17, 15) is 14.4 Å². The molecule has 0 aliphatic rings. The number of carbonyl (C=O) groups is 3. The van der Waals surface area contributed by atoms with Crippen molar-refractivity contribution in [1.82, 2.24) is 0 Å². The zero-order valence-corrected chi connectivity index (χ0v) is 41.4. The van der Waals surface area contributed by atoms with Crippen LogP contribution in [0.5, 0.6) is 0 Å². The fourth-order valence-corrected chi connectivity index (χ4v) is 6.49. The van der Waals surface area contributed by atoms with Gasteiger partial charge in [0, 0.05) is 19.3 Å². The Kier molecular flexibility index (Phi) is 48.6. The Labute approximate surface area is 398 Å². The van der Waals surface area contributed by atoms with Gasteiger partial charge in [-0.1, -0.05) is 225 Å². The normalized spacial score (nSPS) is 13.2. The number of rotatable bonds is 44. The van der Waals surface area contributed by atoms with Crippen LogP contribution in [0.15, 0.2) is 134 Å². The molecule has 0 saturated carbocycles. The number of allylic oxidation sites excluding steroid dienone is 22. The van der Waals surface area contributed by atoms with Crippen LogP contribution in [0.25, 0.3) is 0 Å². The summed E-state index contributed by atoms with van der Waals surface area (Å²) in [6, 6.07) is 0. The highest BCUT2D eigenvalue weighted by Crippen LogP contribution is 2.13. The van der Waals surface area contributed by atoms with Crippen molar-refractivity contribution in [2.75, 3.05) is 13.2 Å². The molecule has 65 heavy (non-hydrogen) atoms. The first kappa shape index (κ1) is 60.5. The average molecular weight is 897 g/mol. The van der Waals surface area contributed by atoms with Crippen LogP contribution in [0, 0.1) is 0 Å². The predicted octanol–water partition coefficient (Wildman–Crippen LogP) is 17.1. The van der Waals surface area contributed by atoms with E-state index in [4.69, 9.17) is 14.2 Å². The first-order valence-electron chi connectivity index (χ1n) is 25.8. The molecule has 1 atom stereocenters. The first-order chi connectivity index (χ1) is 32.0. The van der Waals surface area contributed by atoms with Crippen LogP contribution in [-0.4, -0.2) is 37.2 Å². The van der Waals surface area contributed by atoms with E-state index >= 15 is 0 Å². The van der Waals surface area contributed by atoms with Crippen LogP contribution in [0.3, 0.4) is 0 Å². The molecular formula is C59H92O6. The van der Waals surface area contributed by atoms with E-state index in [2.05, 4.69) is 99.8 Å². The van der Waals surface area contributed by atoms with Crippen LogP contribution in [0.1, 0.15) is 201 Å². The molecule has 6 nitrogen and oxygen atoms in total. The lowest BCUT2D eigenvalue weighted by molar-refractivity contribution is -0.167. The molecule has 0 N–H and O–H groups in total. The van der Waals surface area contributed by atoms with Crippen molar-refractivity contribution in [3.8, 4) is 0 Å². The molecule has 0 aliphatic heterocycles. The van der Waals surface area contributed by atoms with Gasteiger partial charge >= 0.3 is 17.9 Å². The van der Waals surface area contributed by atoms with E-state index in [0.29, 0.717) is 12.8 Å². The SMILES string of the molecule is CC/C=C/C=C/C=C/C=C/C=C/CCCC(=O)OCC(COC(=O)CCCCCCC/C=C/C=C/C=C/CCCCCCC)OC(=O)CCCCCCCC/C=C/C/C=C/C/C=C/CC. The zero-order valence-electron chi connectivity index (χ0n) is 41.4. The Morgan fingerprint density at radius 2 is 0.692 bits per heavy atom. The van der Waals surface area contributed by atoms with Crippen molar-refractivity contribution in [2.24, 2.45) is 0 Å². The molecule has 0 aliphatic carbocycles. The predicted molar refractivity (Wildman–Crippen MR) is 279 cm³/mol. The lowest BCUT2D eigenvalue weighted by Crippen LogP contribution is -2.30. The van der Waals surface area contributed by atoms with Gasteiger partial charge in [0.25, 0.3) is 0 Å². The molecule has 0 rings (SSSR count). The van der Waals surface area contributed by atoms with Crippen LogP contribution in [-0.2, 0) is 28.6 Å². The van der Waals surface area contributed by atoms with Crippen molar-refractivity contribution in [3.05, 3.63) is 134 Å². The standard InChI is InChI=1S/C59H92O6/c1-4-7-10-13-16-19-22-25-27-29-30-32-34-37-40-43-46-49-52-58(61)64-55-56(54-63-57(60)51-48-45-42-39-36-33-24-21-18-15-12-9-6-3)65-59(62)53-50-47-44-41-38-35-31-28-26-23-20-17-14-11-8-5-2/h8-9,11-12,15,17-18,20-22,24-30,32-33,36,39,42,56H,4-7,10,13-14,16,19,23,31,34-35,37-38,40-41,43-55H2,1-3H3/b11-8+,12-9+,18-15+,20-17+,24-21+,25-22+,28-26+,29-27+,32-30+,36-33+,42-39+. The summed E-state index contributed by atoms with van der Waals surface area (Å²) in [5.74, 6) is -1.04.